The van der Waals surface area contributed by atoms with Crippen molar-refractivity contribution in [2.75, 3.05) is 13.7 Å². The van der Waals surface area contributed by atoms with Gasteiger partial charge in [0.1, 0.15) is 11.5 Å². The van der Waals surface area contributed by atoms with Gasteiger partial charge in [-0.15, -0.1) is 0 Å². The van der Waals surface area contributed by atoms with E-state index in [1.807, 2.05) is 43.3 Å². The zero-order valence-corrected chi connectivity index (χ0v) is 16.0. The molecule has 4 nitrogen and oxygen atoms in total. The van der Waals surface area contributed by atoms with Crippen LogP contribution in [0.2, 0.25) is 0 Å². The molecule has 1 aliphatic heterocycles. The third-order valence-electron chi connectivity index (χ3n) is 5.37. The molecule has 0 bridgehead atoms. The second kappa shape index (κ2) is 7.97. The Balaban J connectivity index is 1.48. The maximum atomic E-state index is 5.94. The maximum absolute atomic E-state index is 5.94. The lowest BCUT2D eigenvalue weighted by Gasteiger charge is -2.24. The van der Waals surface area contributed by atoms with E-state index in [1.54, 1.807) is 7.11 Å². The van der Waals surface area contributed by atoms with E-state index >= 15 is 0 Å². The van der Waals surface area contributed by atoms with Gasteiger partial charge in [0.05, 0.1) is 12.8 Å². The fourth-order valence-corrected chi connectivity index (χ4v) is 3.88. The Bertz CT molecular complexity index is 888. The molecular formula is C23H26N2O2. The number of hydrogen-bond acceptors (Lipinski definition) is 4. The molecule has 0 N–H and O–H groups in total. The van der Waals surface area contributed by atoms with Gasteiger partial charge in [-0.05, 0) is 62.6 Å². The van der Waals surface area contributed by atoms with E-state index in [4.69, 9.17) is 14.1 Å². The first-order chi connectivity index (χ1) is 13.2. The summed E-state index contributed by atoms with van der Waals surface area (Å²) in [5.74, 6) is 2.56. The molecule has 1 fully saturated rings. The normalized spacial score (nSPS) is 17.3. The van der Waals surface area contributed by atoms with Crippen LogP contribution in [0.25, 0.3) is 11.5 Å². The zero-order valence-electron chi connectivity index (χ0n) is 16.0. The van der Waals surface area contributed by atoms with Gasteiger partial charge >= 0.3 is 0 Å². The van der Waals surface area contributed by atoms with Gasteiger partial charge in [0.15, 0.2) is 0 Å². The molecule has 1 atom stereocenters. The minimum atomic E-state index is 0.536. The first kappa shape index (κ1) is 17.8. The summed E-state index contributed by atoms with van der Waals surface area (Å²) < 4.78 is 11.3. The van der Waals surface area contributed by atoms with Crippen molar-refractivity contribution < 1.29 is 9.15 Å². The maximum Gasteiger partial charge on any atom is 0.226 e. The monoisotopic (exact) mass is 362 g/mol. The standard InChI is InChI=1S/C23H26N2O2/c1-17-22(24-23(27-17)19-9-4-3-5-10-19)16-25-13-7-11-20(25)14-18-8-6-12-21(15-18)26-2/h3-6,8-10,12,15,20H,7,11,13-14,16H2,1-2H3. The third-order valence-corrected chi connectivity index (χ3v) is 5.37. The highest BCUT2D eigenvalue weighted by Crippen LogP contribution is 2.27. The Morgan fingerprint density at radius 3 is 2.81 bits per heavy atom. The quantitative estimate of drug-likeness (QED) is 0.627. The molecule has 0 aliphatic carbocycles. The molecule has 1 unspecified atom stereocenters. The van der Waals surface area contributed by atoms with E-state index in [-0.39, 0.29) is 0 Å². The fourth-order valence-electron chi connectivity index (χ4n) is 3.88. The van der Waals surface area contributed by atoms with Gasteiger partial charge in [-0.2, -0.15) is 0 Å². The van der Waals surface area contributed by atoms with Gasteiger partial charge in [-0.1, -0.05) is 30.3 Å². The van der Waals surface area contributed by atoms with Crippen LogP contribution in [0.5, 0.6) is 5.75 Å². The number of aryl methyl sites for hydroxylation is 1. The lowest BCUT2D eigenvalue weighted by Crippen LogP contribution is -2.31. The minimum Gasteiger partial charge on any atom is -0.497 e. The Kier molecular flexibility index (Phi) is 5.26. The minimum absolute atomic E-state index is 0.536. The van der Waals surface area contributed by atoms with Crippen LogP contribution in [0.3, 0.4) is 0 Å². The van der Waals surface area contributed by atoms with Crippen LogP contribution in [-0.4, -0.2) is 29.6 Å². The van der Waals surface area contributed by atoms with Crippen LogP contribution in [0.1, 0.15) is 29.9 Å². The van der Waals surface area contributed by atoms with Crippen LogP contribution in [-0.2, 0) is 13.0 Å². The number of oxazole rings is 1. The van der Waals surface area contributed by atoms with Gasteiger partial charge in [0, 0.05) is 18.2 Å². The smallest absolute Gasteiger partial charge is 0.226 e. The number of nitrogens with zero attached hydrogens (tertiary/aromatic N) is 2. The Labute approximate surface area is 160 Å². The van der Waals surface area contributed by atoms with E-state index in [0.29, 0.717) is 11.9 Å². The van der Waals surface area contributed by atoms with Crippen molar-refractivity contribution >= 4 is 0 Å². The molecular weight excluding hydrogens is 336 g/mol. The molecule has 140 valence electrons. The zero-order chi connectivity index (χ0) is 18.6. The van der Waals surface area contributed by atoms with Crippen molar-refractivity contribution in [2.45, 2.75) is 38.8 Å². The largest absolute Gasteiger partial charge is 0.497 e. The van der Waals surface area contributed by atoms with E-state index in [0.717, 1.165) is 42.3 Å². The molecule has 0 saturated carbocycles. The van der Waals surface area contributed by atoms with Gasteiger partial charge < -0.3 is 9.15 Å². The summed E-state index contributed by atoms with van der Waals surface area (Å²) in [6.45, 7) is 3.97. The van der Waals surface area contributed by atoms with E-state index in [1.165, 1.54) is 18.4 Å². The molecule has 0 amide bonds. The third kappa shape index (κ3) is 4.06. The Morgan fingerprint density at radius 2 is 2.00 bits per heavy atom. The number of benzene rings is 2. The number of ether oxygens (including phenoxy) is 1. The lowest BCUT2D eigenvalue weighted by molar-refractivity contribution is 0.240. The fraction of sp³-hybridized carbons (Fsp3) is 0.348. The summed E-state index contributed by atoms with van der Waals surface area (Å²) >= 11 is 0. The summed E-state index contributed by atoms with van der Waals surface area (Å²) in [7, 11) is 1.72. The molecule has 4 heteroatoms. The number of methoxy groups -OCH3 is 1. The SMILES string of the molecule is COc1cccc(CC2CCCN2Cc2nc(-c3ccccc3)oc2C)c1. The summed E-state index contributed by atoms with van der Waals surface area (Å²) in [6.07, 6.45) is 3.50. The first-order valence-electron chi connectivity index (χ1n) is 9.61. The van der Waals surface area contributed by atoms with E-state index in [2.05, 4.69) is 23.1 Å². The summed E-state index contributed by atoms with van der Waals surface area (Å²) in [6, 6.07) is 19.0. The van der Waals surface area contributed by atoms with Gasteiger partial charge in [-0.3, -0.25) is 4.90 Å². The van der Waals surface area contributed by atoms with Crippen LogP contribution in [0.15, 0.2) is 59.0 Å². The molecule has 2 heterocycles. The van der Waals surface area contributed by atoms with Crippen molar-refractivity contribution in [3.05, 3.63) is 71.6 Å². The lowest BCUT2D eigenvalue weighted by atomic mass is 10.0. The predicted molar refractivity (Wildman–Crippen MR) is 107 cm³/mol. The van der Waals surface area contributed by atoms with Gasteiger partial charge in [0.25, 0.3) is 0 Å². The number of hydrogen-bond donors (Lipinski definition) is 0. The molecule has 2 aromatic carbocycles. The van der Waals surface area contributed by atoms with Crippen molar-refractivity contribution in [3.8, 4) is 17.2 Å². The number of likely N-dealkylation sites (tertiary alicyclic amines) is 1. The molecule has 4 rings (SSSR count). The molecule has 0 radical (unpaired) electrons. The van der Waals surface area contributed by atoms with Crippen LogP contribution >= 0.6 is 0 Å². The molecule has 3 aromatic rings. The second-order valence-electron chi connectivity index (χ2n) is 7.21. The predicted octanol–water partition coefficient (Wildman–Crippen LogP) is 4.87. The van der Waals surface area contributed by atoms with Crippen molar-refractivity contribution in [3.63, 3.8) is 0 Å². The van der Waals surface area contributed by atoms with Gasteiger partial charge in [0.2, 0.25) is 5.89 Å². The number of aromatic nitrogens is 1. The first-order valence-corrected chi connectivity index (χ1v) is 9.61. The van der Waals surface area contributed by atoms with Crippen LogP contribution < -0.4 is 4.74 Å². The molecule has 1 aromatic heterocycles. The summed E-state index contributed by atoms with van der Waals surface area (Å²) in [5.41, 5.74) is 3.40. The van der Waals surface area contributed by atoms with Crippen molar-refractivity contribution in [1.29, 1.82) is 0 Å². The summed E-state index contributed by atoms with van der Waals surface area (Å²) in [4.78, 5) is 7.32. The highest BCUT2D eigenvalue weighted by molar-refractivity contribution is 5.53. The molecule has 1 saturated heterocycles. The highest BCUT2D eigenvalue weighted by atomic mass is 16.5. The van der Waals surface area contributed by atoms with Gasteiger partial charge in [-0.25, -0.2) is 4.98 Å². The van der Waals surface area contributed by atoms with E-state index in [9.17, 15) is 0 Å². The molecule has 27 heavy (non-hydrogen) atoms. The molecule has 1 aliphatic rings. The summed E-state index contributed by atoms with van der Waals surface area (Å²) in [5, 5.41) is 0. The number of rotatable bonds is 6. The van der Waals surface area contributed by atoms with Crippen LogP contribution in [0.4, 0.5) is 0 Å². The average Bonchev–Trinajstić information content (AvgIpc) is 3.29. The van der Waals surface area contributed by atoms with Crippen LogP contribution in [0, 0.1) is 6.92 Å². The van der Waals surface area contributed by atoms with Crippen molar-refractivity contribution in [2.24, 2.45) is 0 Å². The average molecular weight is 362 g/mol. The highest BCUT2D eigenvalue weighted by Gasteiger charge is 2.26. The topological polar surface area (TPSA) is 38.5 Å². The Hall–Kier alpha value is -2.59. The van der Waals surface area contributed by atoms with Crippen molar-refractivity contribution in [1.82, 2.24) is 9.88 Å². The molecule has 0 spiro atoms. The Morgan fingerprint density at radius 1 is 1.15 bits per heavy atom. The second-order valence-corrected chi connectivity index (χ2v) is 7.21. The van der Waals surface area contributed by atoms with E-state index < -0.39 is 0 Å².